The molecule has 1 aromatic rings. The van der Waals surface area contributed by atoms with E-state index in [1.807, 2.05) is 18.2 Å². The van der Waals surface area contributed by atoms with Crippen LogP contribution in [0.2, 0.25) is 0 Å². The normalized spacial score (nSPS) is 25.8. The second-order valence-corrected chi connectivity index (χ2v) is 7.89. The van der Waals surface area contributed by atoms with Gasteiger partial charge in [0, 0.05) is 12.6 Å². The number of methoxy groups -OCH3 is 2. The lowest BCUT2D eigenvalue weighted by atomic mass is 9.66. The number of hydrogen-bond acceptors (Lipinski definition) is 4. The van der Waals surface area contributed by atoms with E-state index in [0.717, 1.165) is 29.9 Å². The number of nitrogens with one attached hydrogen (secondary N) is 1. The molecule has 1 aliphatic carbocycles. The predicted molar refractivity (Wildman–Crippen MR) is 103 cm³/mol. The van der Waals surface area contributed by atoms with Crippen molar-refractivity contribution in [3.05, 3.63) is 23.8 Å². The molecule has 0 unspecified atom stereocenters. The van der Waals surface area contributed by atoms with Crippen molar-refractivity contribution in [1.29, 1.82) is 0 Å². The molecule has 1 saturated carbocycles. The van der Waals surface area contributed by atoms with Crippen LogP contribution >= 0.6 is 0 Å². The van der Waals surface area contributed by atoms with E-state index in [-0.39, 0.29) is 17.7 Å². The number of ether oxygens (including phenoxy) is 2. The monoisotopic (exact) mass is 363 g/mol. The Bertz CT molecular complexity index is 594. The van der Waals surface area contributed by atoms with E-state index in [1.165, 1.54) is 0 Å². The maximum atomic E-state index is 12.8. The lowest BCUT2D eigenvalue weighted by Gasteiger charge is -2.43. The lowest BCUT2D eigenvalue weighted by molar-refractivity contribution is -0.155. The largest absolute Gasteiger partial charge is 0.497 e. The highest BCUT2D eigenvalue weighted by Crippen LogP contribution is 2.41. The summed E-state index contributed by atoms with van der Waals surface area (Å²) in [5, 5.41) is 14.1. The molecule has 0 radical (unpaired) electrons. The highest BCUT2D eigenvalue weighted by atomic mass is 16.5. The quantitative estimate of drug-likeness (QED) is 0.781. The molecule has 2 rings (SSSR count). The standard InChI is InChI=1S/C21H33NO4/c1-14(2)19-7-6-15(3)13-21(19,24)20(23)22-9-8-16-10-17(25-4)12-18(11-16)26-5/h10-12,14-15,19,24H,6-9,13H2,1-5H3,(H,22,23)/t15-,19+,21+/m1/s1. The van der Waals surface area contributed by atoms with E-state index in [2.05, 4.69) is 26.1 Å². The molecular formula is C21H33NO4. The fourth-order valence-electron chi connectivity index (χ4n) is 4.12. The van der Waals surface area contributed by atoms with Crippen molar-refractivity contribution in [3.63, 3.8) is 0 Å². The second-order valence-electron chi connectivity index (χ2n) is 7.89. The van der Waals surface area contributed by atoms with Gasteiger partial charge in [-0.2, -0.15) is 0 Å². The van der Waals surface area contributed by atoms with Crippen LogP contribution in [-0.4, -0.2) is 37.4 Å². The van der Waals surface area contributed by atoms with Crippen LogP contribution in [0.1, 0.15) is 45.6 Å². The van der Waals surface area contributed by atoms with Gasteiger partial charge in [-0.15, -0.1) is 0 Å². The smallest absolute Gasteiger partial charge is 0.252 e. The van der Waals surface area contributed by atoms with Gasteiger partial charge in [-0.3, -0.25) is 4.79 Å². The van der Waals surface area contributed by atoms with Gasteiger partial charge in [-0.25, -0.2) is 0 Å². The van der Waals surface area contributed by atoms with Crippen LogP contribution in [0.3, 0.4) is 0 Å². The first-order valence-corrected chi connectivity index (χ1v) is 9.52. The van der Waals surface area contributed by atoms with Crippen molar-refractivity contribution in [2.75, 3.05) is 20.8 Å². The van der Waals surface area contributed by atoms with Crippen LogP contribution in [0.15, 0.2) is 18.2 Å². The summed E-state index contributed by atoms with van der Waals surface area (Å²) < 4.78 is 10.6. The van der Waals surface area contributed by atoms with Crippen LogP contribution in [0.5, 0.6) is 11.5 Å². The molecule has 5 heteroatoms. The van der Waals surface area contributed by atoms with Crippen LogP contribution in [0.4, 0.5) is 0 Å². The molecule has 0 bridgehead atoms. The Kier molecular flexibility index (Phi) is 6.93. The molecule has 3 atom stereocenters. The summed E-state index contributed by atoms with van der Waals surface area (Å²) in [5.41, 5.74) is -0.247. The molecule has 2 N–H and O–H groups in total. The minimum absolute atomic E-state index is 0.00983. The van der Waals surface area contributed by atoms with Gasteiger partial charge in [-0.1, -0.05) is 27.2 Å². The number of hydrogen-bond donors (Lipinski definition) is 2. The lowest BCUT2D eigenvalue weighted by Crippen LogP contribution is -2.56. The Morgan fingerprint density at radius 1 is 1.23 bits per heavy atom. The summed E-state index contributed by atoms with van der Waals surface area (Å²) in [6, 6.07) is 5.69. The van der Waals surface area contributed by atoms with E-state index < -0.39 is 5.60 Å². The maximum absolute atomic E-state index is 12.8. The molecule has 0 saturated heterocycles. The van der Waals surface area contributed by atoms with E-state index in [1.54, 1.807) is 14.2 Å². The van der Waals surface area contributed by atoms with E-state index in [9.17, 15) is 9.90 Å². The third-order valence-electron chi connectivity index (χ3n) is 5.55. The molecular weight excluding hydrogens is 330 g/mol. The molecule has 0 spiro atoms. The van der Waals surface area contributed by atoms with Crippen molar-refractivity contribution in [2.45, 2.75) is 52.1 Å². The summed E-state index contributed by atoms with van der Waals surface area (Å²) in [4.78, 5) is 12.8. The van der Waals surface area contributed by atoms with Crippen LogP contribution < -0.4 is 14.8 Å². The molecule has 0 aromatic heterocycles. The molecule has 1 fully saturated rings. The summed E-state index contributed by atoms with van der Waals surface area (Å²) in [6.45, 7) is 6.75. The van der Waals surface area contributed by atoms with E-state index >= 15 is 0 Å². The van der Waals surface area contributed by atoms with Crippen LogP contribution in [0.25, 0.3) is 0 Å². The van der Waals surface area contributed by atoms with Gasteiger partial charge >= 0.3 is 0 Å². The summed E-state index contributed by atoms with van der Waals surface area (Å²) in [7, 11) is 3.23. The molecule has 5 nitrogen and oxygen atoms in total. The Morgan fingerprint density at radius 2 is 1.85 bits per heavy atom. The van der Waals surface area contributed by atoms with Gasteiger partial charge in [-0.05, 0) is 54.7 Å². The first-order valence-electron chi connectivity index (χ1n) is 9.52. The number of carbonyl (C=O) groups is 1. The van der Waals surface area contributed by atoms with Crippen LogP contribution in [-0.2, 0) is 11.2 Å². The predicted octanol–water partition coefficient (Wildman–Crippen LogP) is 3.19. The number of aliphatic hydroxyl groups is 1. The Labute approximate surface area is 157 Å². The highest BCUT2D eigenvalue weighted by Gasteiger charge is 2.48. The minimum atomic E-state index is -1.27. The zero-order valence-electron chi connectivity index (χ0n) is 16.7. The summed E-state index contributed by atoms with van der Waals surface area (Å²) in [6.07, 6.45) is 3.16. The third kappa shape index (κ3) is 4.70. The maximum Gasteiger partial charge on any atom is 0.252 e. The van der Waals surface area contributed by atoms with Gasteiger partial charge in [0.15, 0.2) is 0 Å². The second kappa shape index (κ2) is 8.76. The fourth-order valence-corrected chi connectivity index (χ4v) is 4.12. The zero-order valence-corrected chi connectivity index (χ0v) is 16.7. The molecule has 1 aliphatic rings. The summed E-state index contributed by atoms with van der Waals surface area (Å²) >= 11 is 0. The third-order valence-corrected chi connectivity index (χ3v) is 5.55. The van der Waals surface area contributed by atoms with Crippen molar-refractivity contribution < 1.29 is 19.4 Å². The number of amides is 1. The Hall–Kier alpha value is -1.75. The Balaban J connectivity index is 2.01. The topological polar surface area (TPSA) is 67.8 Å². The summed E-state index contributed by atoms with van der Waals surface area (Å²) in [5.74, 6) is 1.87. The number of rotatable bonds is 7. The molecule has 1 aromatic carbocycles. The van der Waals surface area contributed by atoms with Crippen molar-refractivity contribution in [3.8, 4) is 11.5 Å². The first-order chi connectivity index (χ1) is 12.3. The Morgan fingerprint density at radius 3 is 2.38 bits per heavy atom. The SMILES string of the molecule is COc1cc(CCNC(=O)[C@]2(O)C[C@H](C)CC[C@H]2C(C)C)cc(OC)c1. The average molecular weight is 363 g/mol. The van der Waals surface area contributed by atoms with Crippen molar-refractivity contribution >= 4 is 5.91 Å². The fraction of sp³-hybridized carbons (Fsp3) is 0.667. The average Bonchev–Trinajstić information content (AvgIpc) is 2.60. The van der Waals surface area contributed by atoms with Crippen molar-refractivity contribution in [1.82, 2.24) is 5.32 Å². The van der Waals surface area contributed by atoms with Gasteiger partial charge in [0.25, 0.3) is 5.91 Å². The molecule has 0 heterocycles. The zero-order chi connectivity index (χ0) is 19.3. The highest BCUT2D eigenvalue weighted by molar-refractivity contribution is 5.85. The van der Waals surface area contributed by atoms with E-state index in [4.69, 9.17) is 9.47 Å². The van der Waals surface area contributed by atoms with E-state index in [0.29, 0.717) is 25.3 Å². The van der Waals surface area contributed by atoms with Gasteiger partial charge in [0.2, 0.25) is 0 Å². The first kappa shape index (κ1) is 20.6. The minimum Gasteiger partial charge on any atom is -0.497 e. The van der Waals surface area contributed by atoms with Gasteiger partial charge < -0.3 is 19.9 Å². The van der Waals surface area contributed by atoms with Crippen LogP contribution in [0, 0.1) is 17.8 Å². The molecule has 0 aliphatic heterocycles. The number of benzene rings is 1. The van der Waals surface area contributed by atoms with Gasteiger partial charge in [0.05, 0.1) is 14.2 Å². The molecule has 1 amide bonds. The van der Waals surface area contributed by atoms with Gasteiger partial charge in [0.1, 0.15) is 17.1 Å². The molecule has 146 valence electrons. The molecule has 26 heavy (non-hydrogen) atoms. The van der Waals surface area contributed by atoms with Crippen molar-refractivity contribution in [2.24, 2.45) is 17.8 Å². The number of carbonyl (C=O) groups excluding carboxylic acids is 1.